The van der Waals surface area contributed by atoms with Gasteiger partial charge in [0.05, 0.1) is 0 Å². The van der Waals surface area contributed by atoms with E-state index in [4.69, 9.17) is 5.73 Å². The van der Waals surface area contributed by atoms with Crippen LogP contribution in [0.3, 0.4) is 0 Å². The molecule has 1 atom stereocenters. The van der Waals surface area contributed by atoms with E-state index >= 15 is 0 Å². The van der Waals surface area contributed by atoms with Crippen LogP contribution in [0.2, 0.25) is 0 Å². The lowest BCUT2D eigenvalue weighted by Gasteiger charge is -2.11. The van der Waals surface area contributed by atoms with Crippen molar-refractivity contribution in [3.05, 3.63) is 35.4 Å². The molecule has 1 unspecified atom stereocenters. The quantitative estimate of drug-likeness (QED) is 0.756. The van der Waals surface area contributed by atoms with Crippen LogP contribution in [-0.2, 0) is 0 Å². The smallest absolute Gasteiger partial charge is 0.251 e. The lowest BCUT2D eigenvalue weighted by atomic mass is 10.1. The van der Waals surface area contributed by atoms with E-state index in [1.54, 1.807) is 31.3 Å². The van der Waals surface area contributed by atoms with Crippen LogP contribution in [0.25, 0.3) is 0 Å². The molecule has 1 fully saturated rings. The van der Waals surface area contributed by atoms with Crippen LogP contribution in [-0.4, -0.2) is 31.4 Å². The minimum absolute atomic E-state index is 0. The summed E-state index contributed by atoms with van der Waals surface area (Å²) in [7, 11) is 1.56. The fourth-order valence-electron chi connectivity index (χ4n) is 1.95. The van der Waals surface area contributed by atoms with Gasteiger partial charge in [-0.2, -0.15) is 0 Å². The molecule has 110 valence electrons. The predicted molar refractivity (Wildman–Crippen MR) is 80.1 cm³/mol. The van der Waals surface area contributed by atoms with Crippen LogP contribution in [0.5, 0.6) is 0 Å². The van der Waals surface area contributed by atoms with Crippen molar-refractivity contribution in [2.45, 2.75) is 18.9 Å². The molecule has 5 nitrogen and oxygen atoms in total. The van der Waals surface area contributed by atoms with Gasteiger partial charge in [-0.15, -0.1) is 12.4 Å². The summed E-state index contributed by atoms with van der Waals surface area (Å²) in [6.07, 6.45) is 2.31. The molecular formula is C14H20ClN3O2. The number of hydrogen-bond acceptors (Lipinski definition) is 3. The Morgan fingerprint density at radius 3 is 2.45 bits per heavy atom. The first-order valence-electron chi connectivity index (χ1n) is 6.47. The summed E-state index contributed by atoms with van der Waals surface area (Å²) in [6, 6.07) is 6.67. The second kappa shape index (κ2) is 7.26. The van der Waals surface area contributed by atoms with Crippen molar-refractivity contribution in [2.24, 2.45) is 11.7 Å². The summed E-state index contributed by atoms with van der Waals surface area (Å²) in [5.74, 6) is 0.156. The molecule has 0 aliphatic heterocycles. The first kappa shape index (κ1) is 16.5. The Kier molecular flexibility index (Phi) is 5.98. The van der Waals surface area contributed by atoms with Crippen molar-refractivity contribution >= 4 is 24.2 Å². The topological polar surface area (TPSA) is 84.2 Å². The maximum Gasteiger partial charge on any atom is 0.251 e. The number of benzene rings is 1. The van der Waals surface area contributed by atoms with Crippen LogP contribution in [0.4, 0.5) is 0 Å². The summed E-state index contributed by atoms with van der Waals surface area (Å²) >= 11 is 0. The Bertz CT molecular complexity index is 489. The molecule has 2 rings (SSSR count). The average Bonchev–Trinajstić information content (AvgIpc) is 3.28. The van der Waals surface area contributed by atoms with Crippen LogP contribution >= 0.6 is 12.4 Å². The fourth-order valence-corrected chi connectivity index (χ4v) is 1.95. The van der Waals surface area contributed by atoms with E-state index in [2.05, 4.69) is 10.6 Å². The van der Waals surface area contributed by atoms with E-state index in [1.165, 1.54) is 0 Å². The van der Waals surface area contributed by atoms with Crippen molar-refractivity contribution in [1.82, 2.24) is 10.6 Å². The number of carbonyl (C=O) groups is 2. The van der Waals surface area contributed by atoms with Gasteiger partial charge in [0.25, 0.3) is 11.8 Å². The molecule has 2 amide bonds. The number of halogens is 1. The van der Waals surface area contributed by atoms with Crippen molar-refractivity contribution in [3.63, 3.8) is 0 Å². The van der Waals surface area contributed by atoms with Gasteiger partial charge >= 0.3 is 0 Å². The van der Waals surface area contributed by atoms with Gasteiger partial charge in [0.1, 0.15) is 0 Å². The zero-order valence-corrected chi connectivity index (χ0v) is 12.2. The predicted octanol–water partition coefficient (Wildman–Crippen LogP) is 0.935. The molecule has 1 aromatic carbocycles. The maximum atomic E-state index is 12.0. The van der Waals surface area contributed by atoms with Crippen molar-refractivity contribution in [3.8, 4) is 0 Å². The lowest BCUT2D eigenvalue weighted by molar-refractivity contribution is 0.0950. The number of carbonyl (C=O) groups excluding carboxylic acids is 2. The maximum absolute atomic E-state index is 12.0. The molecular weight excluding hydrogens is 278 g/mol. The summed E-state index contributed by atoms with van der Waals surface area (Å²) in [5.41, 5.74) is 6.88. The second-order valence-electron chi connectivity index (χ2n) is 4.87. The Hall–Kier alpha value is -1.59. The van der Waals surface area contributed by atoms with Crippen LogP contribution in [0, 0.1) is 5.92 Å². The molecule has 0 radical (unpaired) electrons. The third kappa shape index (κ3) is 4.21. The molecule has 0 heterocycles. The molecule has 0 bridgehead atoms. The first-order valence-corrected chi connectivity index (χ1v) is 6.47. The van der Waals surface area contributed by atoms with Crippen molar-refractivity contribution in [2.75, 3.05) is 13.6 Å². The molecule has 1 aromatic rings. The van der Waals surface area contributed by atoms with E-state index in [0.717, 1.165) is 12.8 Å². The van der Waals surface area contributed by atoms with Gasteiger partial charge < -0.3 is 16.4 Å². The van der Waals surface area contributed by atoms with Gasteiger partial charge in [-0.25, -0.2) is 0 Å². The molecule has 1 aliphatic rings. The molecule has 0 spiro atoms. The summed E-state index contributed by atoms with van der Waals surface area (Å²) in [4.78, 5) is 23.4. The van der Waals surface area contributed by atoms with E-state index < -0.39 is 0 Å². The molecule has 6 heteroatoms. The summed E-state index contributed by atoms with van der Waals surface area (Å²) < 4.78 is 0. The minimum atomic E-state index is -0.204. The number of amides is 2. The van der Waals surface area contributed by atoms with Gasteiger partial charge in [0.2, 0.25) is 0 Å². The standard InChI is InChI=1S/C14H19N3O2.ClH/c1-16-13(18)10-3-2-4-11(7-10)14(19)17-8-12(15)9-5-6-9;/h2-4,7,9,12H,5-6,8,15H2,1H3,(H,16,18)(H,17,19);1H. The second-order valence-corrected chi connectivity index (χ2v) is 4.87. The third-order valence-electron chi connectivity index (χ3n) is 3.34. The normalized spacial score (nSPS) is 14.9. The van der Waals surface area contributed by atoms with E-state index in [0.29, 0.717) is 23.6 Å². The minimum Gasteiger partial charge on any atom is -0.355 e. The van der Waals surface area contributed by atoms with E-state index in [9.17, 15) is 9.59 Å². The van der Waals surface area contributed by atoms with Crippen molar-refractivity contribution < 1.29 is 9.59 Å². The summed E-state index contributed by atoms with van der Waals surface area (Å²) in [6.45, 7) is 0.480. The highest BCUT2D eigenvalue weighted by molar-refractivity contribution is 5.99. The fraction of sp³-hybridized carbons (Fsp3) is 0.429. The van der Waals surface area contributed by atoms with Gasteiger partial charge in [-0.1, -0.05) is 6.07 Å². The Morgan fingerprint density at radius 1 is 1.30 bits per heavy atom. The van der Waals surface area contributed by atoms with Gasteiger partial charge in [0, 0.05) is 30.8 Å². The monoisotopic (exact) mass is 297 g/mol. The zero-order valence-electron chi connectivity index (χ0n) is 11.4. The van der Waals surface area contributed by atoms with Gasteiger partial charge in [0.15, 0.2) is 0 Å². The Morgan fingerprint density at radius 2 is 1.90 bits per heavy atom. The molecule has 0 saturated heterocycles. The van der Waals surface area contributed by atoms with Crippen LogP contribution < -0.4 is 16.4 Å². The number of rotatable bonds is 5. The first-order chi connectivity index (χ1) is 9.11. The summed E-state index contributed by atoms with van der Waals surface area (Å²) in [5, 5.41) is 5.34. The molecule has 4 N–H and O–H groups in total. The highest BCUT2D eigenvalue weighted by Gasteiger charge is 2.28. The van der Waals surface area contributed by atoms with Gasteiger partial charge in [-0.3, -0.25) is 9.59 Å². The zero-order chi connectivity index (χ0) is 13.8. The van der Waals surface area contributed by atoms with Crippen LogP contribution in [0.15, 0.2) is 24.3 Å². The van der Waals surface area contributed by atoms with E-state index in [-0.39, 0.29) is 30.3 Å². The molecule has 0 aromatic heterocycles. The highest BCUT2D eigenvalue weighted by Crippen LogP contribution is 2.31. The van der Waals surface area contributed by atoms with E-state index in [1.807, 2.05) is 0 Å². The molecule has 1 saturated carbocycles. The Balaban J connectivity index is 0.00000200. The number of nitrogens with one attached hydrogen (secondary N) is 2. The highest BCUT2D eigenvalue weighted by atomic mass is 35.5. The number of nitrogens with two attached hydrogens (primary N) is 1. The SMILES string of the molecule is CNC(=O)c1cccc(C(=O)NCC(N)C2CC2)c1.Cl. The third-order valence-corrected chi connectivity index (χ3v) is 3.34. The van der Waals surface area contributed by atoms with Crippen molar-refractivity contribution in [1.29, 1.82) is 0 Å². The van der Waals surface area contributed by atoms with Gasteiger partial charge in [-0.05, 0) is 37.0 Å². The Labute approximate surface area is 124 Å². The van der Waals surface area contributed by atoms with Crippen LogP contribution in [0.1, 0.15) is 33.6 Å². The number of hydrogen-bond donors (Lipinski definition) is 3. The largest absolute Gasteiger partial charge is 0.355 e. The average molecular weight is 298 g/mol. The molecule has 20 heavy (non-hydrogen) atoms. The lowest BCUT2D eigenvalue weighted by Crippen LogP contribution is -2.38. The molecule has 1 aliphatic carbocycles.